The van der Waals surface area contributed by atoms with Gasteiger partial charge in [0, 0.05) is 17.7 Å². The van der Waals surface area contributed by atoms with E-state index in [4.69, 9.17) is 0 Å². The lowest BCUT2D eigenvalue weighted by atomic mass is 10.1. The number of halogens is 3. The molecule has 19 heavy (non-hydrogen) atoms. The van der Waals surface area contributed by atoms with Crippen LogP contribution >= 0.6 is 0 Å². The zero-order chi connectivity index (χ0) is 14.6. The second-order valence-corrected chi connectivity index (χ2v) is 3.96. The first-order chi connectivity index (χ1) is 8.71. The first-order valence-corrected chi connectivity index (χ1v) is 5.32. The number of carbonyl (C=O) groups is 1. The topological polar surface area (TPSA) is 72.2 Å². The van der Waals surface area contributed by atoms with Crippen molar-refractivity contribution in [2.24, 2.45) is 0 Å². The van der Waals surface area contributed by atoms with Crippen molar-refractivity contribution in [1.82, 2.24) is 5.32 Å². The predicted molar refractivity (Wildman–Crippen MR) is 60.5 cm³/mol. The van der Waals surface area contributed by atoms with E-state index < -0.39 is 23.0 Å². The van der Waals surface area contributed by atoms with Crippen LogP contribution in [0.4, 0.5) is 18.9 Å². The van der Waals surface area contributed by atoms with Crippen molar-refractivity contribution in [1.29, 1.82) is 0 Å². The first-order valence-electron chi connectivity index (χ1n) is 5.32. The molecule has 1 aromatic rings. The number of rotatable bonds is 4. The van der Waals surface area contributed by atoms with Crippen molar-refractivity contribution in [3.63, 3.8) is 0 Å². The smallest absolute Gasteiger partial charge is 0.345 e. The molecule has 0 radical (unpaired) electrons. The minimum Gasteiger partial charge on any atom is -0.345 e. The summed E-state index contributed by atoms with van der Waals surface area (Å²) in [6, 6.07) is 4.83. The van der Waals surface area contributed by atoms with Gasteiger partial charge in [-0.25, -0.2) is 0 Å². The molecule has 1 amide bonds. The van der Waals surface area contributed by atoms with Gasteiger partial charge < -0.3 is 5.32 Å². The summed E-state index contributed by atoms with van der Waals surface area (Å²) in [5, 5.41) is 12.5. The Balaban J connectivity index is 2.75. The third kappa shape index (κ3) is 4.23. The fourth-order valence-corrected chi connectivity index (χ4v) is 1.55. The van der Waals surface area contributed by atoms with Crippen LogP contribution in [0, 0.1) is 10.1 Å². The first kappa shape index (κ1) is 14.9. The quantitative estimate of drug-likeness (QED) is 0.677. The summed E-state index contributed by atoms with van der Waals surface area (Å²) >= 11 is 0. The number of hydrogen-bond acceptors (Lipinski definition) is 3. The van der Waals surface area contributed by atoms with Gasteiger partial charge in [0.05, 0.1) is 4.92 Å². The van der Waals surface area contributed by atoms with Crippen molar-refractivity contribution < 1.29 is 22.9 Å². The van der Waals surface area contributed by atoms with Gasteiger partial charge in [-0.05, 0) is 13.3 Å². The van der Waals surface area contributed by atoms with Crippen LogP contribution in [-0.4, -0.2) is 23.0 Å². The Hall–Kier alpha value is -2.12. The van der Waals surface area contributed by atoms with Gasteiger partial charge in [-0.2, -0.15) is 13.2 Å². The molecule has 0 spiro atoms. The lowest BCUT2D eigenvalue weighted by Gasteiger charge is -2.15. The fraction of sp³-hybridized carbons (Fsp3) is 0.364. The number of nitro benzene ring substituents is 1. The van der Waals surface area contributed by atoms with Crippen molar-refractivity contribution in [2.75, 3.05) is 0 Å². The molecule has 1 N–H and O–H groups in total. The number of carbonyl (C=O) groups excluding carboxylic acids is 1. The molecule has 0 heterocycles. The lowest BCUT2D eigenvalue weighted by molar-refractivity contribution is -0.385. The third-order valence-corrected chi connectivity index (χ3v) is 2.35. The summed E-state index contributed by atoms with van der Waals surface area (Å²) in [6.07, 6.45) is -5.02. The highest BCUT2D eigenvalue weighted by Crippen LogP contribution is 2.20. The number of alkyl halides is 3. The van der Waals surface area contributed by atoms with Gasteiger partial charge in [0.1, 0.15) is 0 Å². The van der Waals surface area contributed by atoms with Crippen LogP contribution in [0.25, 0.3) is 0 Å². The Bertz CT molecular complexity index is 488. The van der Waals surface area contributed by atoms with Gasteiger partial charge in [0.15, 0.2) is 0 Å². The normalized spacial score (nSPS) is 12.8. The standard InChI is InChI=1S/C11H11F3N2O3/c1-7(15-10(17)11(12,13)14)6-8-4-2-3-5-9(8)16(18)19/h2-5,7H,6H2,1H3,(H,15,17)/t7-/m0/s1. The molecule has 0 bridgehead atoms. The summed E-state index contributed by atoms with van der Waals surface area (Å²) in [6.45, 7) is 1.35. The van der Waals surface area contributed by atoms with Crippen LogP contribution in [0.2, 0.25) is 0 Å². The minimum absolute atomic E-state index is 0.0566. The zero-order valence-electron chi connectivity index (χ0n) is 9.90. The number of para-hydroxylation sites is 1. The van der Waals surface area contributed by atoms with Gasteiger partial charge in [0.2, 0.25) is 0 Å². The van der Waals surface area contributed by atoms with E-state index in [0.29, 0.717) is 0 Å². The van der Waals surface area contributed by atoms with Crippen molar-refractivity contribution >= 4 is 11.6 Å². The maximum Gasteiger partial charge on any atom is 0.471 e. The molecule has 104 valence electrons. The SMILES string of the molecule is C[C@@H](Cc1ccccc1[N+](=O)[O-])NC(=O)C(F)(F)F. The molecule has 0 saturated carbocycles. The molecular weight excluding hydrogens is 265 g/mol. The Labute approximate surface area is 106 Å². The Morgan fingerprint density at radius 2 is 2.00 bits per heavy atom. The predicted octanol–water partition coefficient (Wildman–Crippen LogP) is 2.20. The summed E-state index contributed by atoms with van der Waals surface area (Å²) < 4.78 is 36.1. The number of amides is 1. The highest BCUT2D eigenvalue weighted by molar-refractivity contribution is 5.81. The molecule has 0 unspecified atom stereocenters. The number of hydrogen-bond donors (Lipinski definition) is 1. The average Bonchev–Trinajstić information content (AvgIpc) is 2.27. The molecule has 5 nitrogen and oxygen atoms in total. The molecule has 1 rings (SSSR count). The second-order valence-electron chi connectivity index (χ2n) is 3.96. The molecule has 8 heteroatoms. The van der Waals surface area contributed by atoms with E-state index in [1.54, 1.807) is 11.4 Å². The lowest BCUT2D eigenvalue weighted by Crippen LogP contribution is -2.42. The molecule has 0 aliphatic heterocycles. The van der Waals surface area contributed by atoms with Crippen LogP contribution in [0.3, 0.4) is 0 Å². The zero-order valence-corrected chi connectivity index (χ0v) is 9.90. The number of benzene rings is 1. The molecule has 0 saturated heterocycles. The number of nitrogens with zero attached hydrogens (tertiary/aromatic N) is 1. The van der Waals surface area contributed by atoms with Gasteiger partial charge in [-0.3, -0.25) is 14.9 Å². The van der Waals surface area contributed by atoms with Crippen LogP contribution in [-0.2, 0) is 11.2 Å². The summed E-state index contributed by atoms with van der Waals surface area (Å²) in [4.78, 5) is 20.8. The van der Waals surface area contributed by atoms with E-state index in [1.165, 1.54) is 25.1 Å². The molecule has 0 aliphatic carbocycles. The average molecular weight is 276 g/mol. The fourth-order valence-electron chi connectivity index (χ4n) is 1.55. The van der Waals surface area contributed by atoms with Crippen LogP contribution in [0.15, 0.2) is 24.3 Å². The van der Waals surface area contributed by atoms with Crippen LogP contribution in [0.1, 0.15) is 12.5 Å². The highest BCUT2D eigenvalue weighted by Gasteiger charge is 2.39. The van der Waals surface area contributed by atoms with E-state index in [1.807, 2.05) is 0 Å². The molecule has 0 aliphatic rings. The van der Waals surface area contributed by atoms with Crippen LogP contribution < -0.4 is 5.32 Å². The van der Waals surface area contributed by atoms with E-state index in [0.717, 1.165) is 0 Å². The number of nitro groups is 1. The van der Waals surface area contributed by atoms with Gasteiger partial charge in [0.25, 0.3) is 5.69 Å². The van der Waals surface area contributed by atoms with Gasteiger partial charge >= 0.3 is 12.1 Å². The van der Waals surface area contributed by atoms with Crippen molar-refractivity contribution in [3.05, 3.63) is 39.9 Å². The summed E-state index contributed by atoms with van der Waals surface area (Å²) in [5.41, 5.74) is 0.0816. The van der Waals surface area contributed by atoms with Gasteiger partial charge in [-0.15, -0.1) is 0 Å². The largest absolute Gasteiger partial charge is 0.471 e. The Morgan fingerprint density at radius 1 is 1.42 bits per heavy atom. The monoisotopic (exact) mass is 276 g/mol. The van der Waals surface area contributed by atoms with E-state index in [2.05, 4.69) is 0 Å². The number of nitrogens with one attached hydrogen (secondary N) is 1. The van der Waals surface area contributed by atoms with E-state index >= 15 is 0 Å². The summed E-state index contributed by atoms with van der Waals surface area (Å²) in [7, 11) is 0. The molecule has 1 aromatic carbocycles. The van der Waals surface area contributed by atoms with Crippen LogP contribution in [0.5, 0.6) is 0 Å². The maximum atomic E-state index is 12.0. The molecular formula is C11H11F3N2O3. The van der Waals surface area contributed by atoms with E-state index in [9.17, 15) is 28.1 Å². The van der Waals surface area contributed by atoms with E-state index in [-0.39, 0.29) is 17.7 Å². The third-order valence-electron chi connectivity index (χ3n) is 2.35. The van der Waals surface area contributed by atoms with Crippen molar-refractivity contribution in [2.45, 2.75) is 25.6 Å². The van der Waals surface area contributed by atoms with Crippen molar-refractivity contribution in [3.8, 4) is 0 Å². The van der Waals surface area contributed by atoms with Gasteiger partial charge in [-0.1, -0.05) is 18.2 Å². The molecule has 0 fully saturated rings. The Morgan fingerprint density at radius 3 is 2.53 bits per heavy atom. The second kappa shape index (κ2) is 5.68. The highest BCUT2D eigenvalue weighted by atomic mass is 19.4. The summed E-state index contributed by atoms with van der Waals surface area (Å²) in [5.74, 6) is -2.06. The maximum absolute atomic E-state index is 12.0. The Kier molecular flexibility index (Phi) is 4.47. The molecule has 1 atom stereocenters. The minimum atomic E-state index is -4.96. The molecule has 0 aromatic heterocycles.